The third-order valence-corrected chi connectivity index (χ3v) is 4.85. The van der Waals surface area contributed by atoms with E-state index >= 15 is 0 Å². The fourth-order valence-corrected chi connectivity index (χ4v) is 3.14. The molecule has 0 atom stereocenters. The van der Waals surface area contributed by atoms with E-state index < -0.39 is 21.9 Å². The van der Waals surface area contributed by atoms with Crippen molar-refractivity contribution in [3.63, 3.8) is 0 Å². The minimum Gasteiger partial charge on any atom is -0.478 e. The molecule has 0 spiro atoms. The Balaban J connectivity index is 2.03. The maximum Gasteiger partial charge on any atom is 0.337 e. The standard InChI is InChI=1S/C15H10BrN3O6S/c16-7-1-3-11(9(5-7)15(21)22)18-14(20)13-10-6-8(26(17,23)24)2-4-12(10)25-19-13/h1-6H,(H,18,20)(H,21,22)(H2,17,23,24). The molecule has 1 aromatic heterocycles. The van der Waals surface area contributed by atoms with E-state index in [0.29, 0.717) is 4.47 Å². The van der Waals surface area contributed by atoms with Crippen molar-refractivity contribution in [1.29, 1.82) is 0 Å². The van der Waals surface area contributed by atoms with Gasteiger partial charge in [0.2, 0.25) is 10.0 Å². The maximum atomic E-state index is 12.5. The number of primary sulfonamides is 1. The SMILES string of the molecule is NS(=O)(=O)c1ccc2onc(C(=O)Nc3ccc(Br)cc3C(=O)O)c2c1. The Hall–Kier alpha value is -2.76. The zero-order chi connectivity index (χ0) is 19.1. The second-order valence-corrected chi connectivity index (χ2v) is 7.66. The van der Waals surface area contributed by atoms with Crippen LogP contribution in [0.25, 0.3) is 11.0 Å². The molecule has 134 valence electrons. The van der Waals surface area contributed by atoms with Crippen LogP contribution in [0, 0.1) is 0 Å². The number of aromatic nitrogens is 1. The van der Waals surface area contributed by atoms with Crippen molar-refractivity contribution in [1.82, 2.24) is 5.16 Å². The summed E-state index contributed by atoms with van der Waals surface area (Å²) < 4.78 is 28.5. The van der Waals surface area contributed by atoms with Crippen LogP contribution < -0.4 is 10.5 Å². The van der Waals surface area contributed by atoms with Crippen LogP contribution in [0.4, 0.5) is 5.69 Å². The number of carbonyl (C=O) groups excluding carboxylic acids is 1. The van der Waals surface area contributed by atoms with Gasteiger partial charge in [-0.25, -0.2) is 18.4 Å². The first-order valence-corrected chi connectivity index (χ1v) is 9.27. The summed E-state index contributed by atoms with van der Waals surface area (Å²) in [6, 6.07) is 8.00. The quantitative estimate of drug-likeness (QED) is 0.562. The molecule has 3 rings (SSSR count). The van der Waals surface area contributed by atoms with Crippen LogP contribution in [0.15, 0.2) is 50.3 Å². The topological polar surface area (TPSA) is 153 Å². The monoisotopic (exact) mass is 439 g/mol. The first-order valence-electron chi connectivity index (χ1n) is 6.93. The Bertz CT molecular complexity index is 1160. The number of hydrogen-bond acceptors (Lipinski definition) is 6. The highest BCUT2D eigenvalue weighted by Crippen LogP contribution is 2.25. The number of aromatic carboxylic acids is 1. The van der Waals surface area contributed by atoms with Gasteiger partial charge in [0.05, 0.1) is 21.5 Å². The Morgan fingerprint density at radius 3 is 2.58 bits per heavy atom. The summed E-state index contributed by atoms with van der Waals surface area (Å²) in [6.45, 7) is 0. The molecule has 2 aromatic carbocycles. The van der Waals surface area contributed by atoms with Crippen molar-refractivity contribution in [3.05, 3.63) is 52.1 Å². The number of nitrogens with zero attached hydrogens (tertiary/aromatic N) is 1. The molecule has 0 saturated heterocycles. The van der Waals surface area contributed by atoms with Crippen molar-refractivity contribution in [2.24, 2.45) is 5.14 Å². The molecule has 26 heavy (non-hydrogen) atoms. The van der Waals surface area contributed by atoms with Crippen molar-refractivity contribution in [2.75, 3.05) is 5.32 Å². The number of benzene rings is 2. The van der Waals surface area contributed by atoms with Gasteiger partial charge in [0, 0.05) is 4.47 Å². The van der Waals surface area contributed by atoms with Crippen molar-refractivity contribution >= 4 is 54.5 Å². The number of sulfonamides is 1. The fourth-order valence-electron chi connectivity index (χ4n) is 2.24. The van der Waals surface area contributed by atoms with E-state index in [0.717, 1.165) is 6.07 Å². The number of nitrogens with one attached hydrogen (secondary N) is 1. The number of anilines is 1. The van der Waals surface area contributed by atoms with Gasteiger partial charge in [0.15, 0.2) is 11.3 Å². The summed E-state index contributed by atoms with van der Waals surface area (Å²) in [5.41, 5.74) is -0.114. The van der Waals surface area contributed by atoms with Crippen LogP contribution in [0.1, 0.15) is 20.8 Å². The molecule has 0 aliphatic rings. The lowest BCUT2D eigenvalue weighted by Crippen LogP contribution is -2.16. The van der Waals surface area contributed by atoms with Crippen LogP contribution >= 0.6 is 15.9 Å². The number of carbonyl (C=O) groups is 2. The van der Waals surface area contributed by atoms with Crippen LogP contribution in [-0.2, 0) is 10.0 Å². The highest BCUT2D eigenvalue weighted by Gasteiger charge is 2.21. The summed E-state index contributed by atoms with van der Waals surface area (Å²) in [4.78, 5) is 23.6. The predicted molar refractivity (Wildman–Crippen MR) is 94.4 cm³/mol. The smallest absolute Gasteiger partial charge is 0.337 e. The van der Waals surface area contributed by atoms with E-state index in [2.05, 4.69) is 26.4 Å². The summed E-state index contributed by atoms with van der Waals surface area (Å²) in [6.07, 6.45) is 0. The molecule has 0 fully saturated rings. The molecule has 0 unspecified atom stereocenters. The number of amides is 1. The lowest BCUT2D eigenvalue weighted by Gasteiger charge is -2.07. The Kier molecular flexibility index (Phi) is 4.52. The zero-order valence-corrected chi connectivity index (χ0v) is 15.2. The molecule has 1 amide bonds. The number of hydrogen-bond donors (Lipinski definition) is 3. The Labute approximate surface area is 155 Å². The van der Waals surface area contributed by atoms with E-state index in [1.165, 1.54) is 24.3 Å². The molecular formula is C15H10BrN3O6S. The first-order chi connectivity index (χ1) is 12.2. The number of carboxylic acids is 1. The maximum absolute atomic E-state index is 12.5. The Morgan fingerprint density at radius 1 is 1.19 bits per heavy atom. The van der Waals surface area contributed by atoms with Crippen molar-refractivity contribution in [3.8, 4) is 0 Å². The van der Waals surface area contributed by atoms with Gasteiger partial charge in [-0.15, -0.1) is 0 Å². The van der Waals surface area contributed by atoms with Crippen molar-refractivity contribution < 1.29 is 27.6 Å². The largest absolute Gasteiger partial charge is 0.478 e. The van der Waals surface area contributed by atoms with Crippen LogP contribution in [0.3, 0.4) is 0 Å². The second kappa shape index (κ2) is 6.52. The van der Waals surface area contributed by atoms with E-state index in [1.54, 1.807) is 6.07 Å². The molecule has 0 aliphatic carbocycles. The van der Waals surface area contributed by atoms with Gasteiger partial charge in [-0.05, 0) is 36.4 Å². The minimum absolute atomic E-state index is 0.0458. The van der Waals surface area contributed by atoms with Gasteiger partial charge in [-0.1, -0.05) is 21.1 Å². The summed E-state index contributed by atoms with van der Waals surface area (Å²) >= 11 is 3.16. The lowest BCUT2D eigenvalue weighted by molar-refractivity contribution is 0.0698. The van der Waals surface area contributed by atoms with E-state index in [4.69, 9.17) is 9.66 Å². The highest BCUT2D eigenvalue weighted by atomic mass is 79.9. The highest BCUT2D eigenvalue weighted by molar-refractivity contribution is 9.10. The van der Waals surface area contributed by atoms with E-state index in [-0.39, 0.29) is 32.8 Å². The van der Waals surface area contributed by atoms with Gasteiger partial charge >= 0.3 is 5.97 Å². The normalized spacial score (nSPS) is 11.5. The predicted octanol–water partition coefficient (Wildman–Crippen LogP) is 2.19. The number of carboxylic acid groups (broad SMARTS) is 1. The van der Waals surface area contributed by atoms with Gasteiger partial charge in [0.25, 0.3) is 5.91 Å². The average Bonchev–Trinajstić information content (AvgIpc) is 2.98. The van der Waals surface area contributed by atoms with Crippen LogP contribution in [0.5, 0.6) is 0 Å². The van der Waals surface area contributed by atoms with Crippen molar-refractivity contribution in [2.45, 2.75) is 4.90 Å². The minimum atomic E-state index is -3.98. The van der Waals surface area contributed by atoms with Gasteiger partial charge in [-0.2, -0.15) is 0 Å². The lowest BCUT2D eigenvalue weighted by atomic mass is 10.1. The molecule has 3 aromatic rings. The van der Waals surface area contributed by atoms with Gasteiger partial charge in [0.1, 0.15) is 0 Å². The second-order valence-electron chi connectivity index (χ2n) is 5.18. The van der Waals surface area contributed by atoms with Crippen LogP contribution in [-0.4, -0.2) is 30.6 Å². The number of halogens is 1. The van der Waals surface area contributed by atoms with E-state index in [1.807, 2.05) is 0 Å². The Morgan fingerprint density at radius 2 is 1.92 bits per heavy atom. The molecule has 11 heteroatoms. The third kappa shape index (κ3) is 3.45. The third-order valence-electron chi connectivity index (χ3n) is 3.45. The van der Waals surface area contributed by atoms with Gasteiger partial charge < -0.3 is 14.9 Å². The fraction of sp³-hybridized carbons (Fsp3) is 0. The molecule has 0 saturated carbocycles. The number of nitrogens with two attached hydrogens (primary N) is 1. The van der Waals surface area contributed by atoms with Crippen LogP contribution in [0.2, 0.25) is 0 Å². The van der Waals surface area contributed by atoms with E-state index in [9.17, 15) is 23.1 Å². The molecule has 0 aliphatic heterocycles. The summed E-state index contributed by atoms with van der Waals surface area (Å²) in [5, 5.41) is 20.5. The molecule has 4 N–H and O–H groups in total. The molecule has 0 radical (unpaired) electrons. The zero-order valence-electron chi connectivity index (χ0n) is 12.8. The molecule has 0 bridgehead atoms. The molecular weight excluding hydrogens is 430 g/mol. The molecule has 1 heterocycles. The number of fused-ring (bicyclic) bond motifs is 1. The summed E-state index contributed by atoms with van der Waals surface area (Å²) in [7, 11) is -3.98. The average molecular weight is 440 g/mol. The molecule has 9 nitrogen and oxygen atoms in total. The summed E-state index contributed by atoms with van der Waals surface area (Å²) in [5.74, 6) is -2.00. The first kappa shape index (κ1) is 18.0. The number of rotatable bonds is 4. The van der Waals surface area contributed by atoms with Gasteiger partial charge in [-0.3, -0.25) is 4.79 Å².